The van der Waals surface area contributed by atoms with Crippen LogP contribution in [0.4, 0.5) is 0 Å². The van der Waals surface area contributed by atoms with E-state index in [0.29, 0.717) is 11.8 Å². The van der Waals surface area contributed by atoms with Crippen molar-refractivity contribution in [3.63, 3.8) is 0 Å². The number of aliphatic hydroxyl groups is 1. The standard InChI is InChI=1S/C6H9NO2S/c1-5(8)4-9-6-7-2-3-10-6/h2-3,5,8H,4H2,1H3. The smallest absolute Gasteiger partial charge is 0.273 e. The second-order valence-corrected chi connectivity index (χ2v) is 2.82. The number of rotatable bonds is 3. The molecule has 0 radical (unpaired) electrons. The summed E-state index contributed by atoms with van der Waals surface area (Å²) in [5.41, 5.74) is 0. The van der Waals surface area contributed by atoms with Crippen LogP contribution in [-0.2, 0) is 0 Å². The van der Waals surface area contributed by atoms with E-state index >= 15 is 0 Å². The van der Waals surface area contributed by atoms with Crippen LogP contribution in [0, 0.1) is 0 Å². The van der Waals surface area contributed by atoms with Crippen LogP contribution in [0.1, 0.15) is 6.92 Å². The highest BCUT2D eigenvalue weighted by atomic mass is 32.1. The van der Waals surface area contributed by atoms with E-state index in [1.54, 1.807) is 13.1 Å². The number of hydrogen-bond acceptors (Lipinski definition) is 4. The highest BCUT2D eigenvalue weighted by Crippen LogP contribution is 2.13. The van der Waals surface area contributed by atoms with Gasteiger partial charge in [0, 0.05) is 11.6 Å². The van der Waals surface area contributed by atoms with Gasteiger partial charge in [0.15, 0.2) is 0 Å². The summed E-state index contributed by atoms with van der Waals surface area (Å²) in [4.78, 5) is 3.87. The van der Waals surface area contributed by atoms with Crippen molar-refractivity contribution in [1.82, 2.24) is 4.98 Å². The summed E-state index contributed by atoms with van der Waals surface area (Å²) in [5, 5.41) is 11.2. The first kappa shape index (κ1) is 7.50. The molecule has 0 aliphatic carbocycles. The molecule has 0 saturated heterocycles. The molecule has 0 spiro atoms. The van der Waals surface area contributed by atoms with Gasteiger partial charge < -0.3 is 9.84 Å². The molecule has 1 heterocycles. The Morgan fingerprint density at radius 3 is 3.20 bits per heavy atom. The molecule has 1 rings (SSSR count). The van der Waals surface area contributed by atoms with E-state index < -0.39 is 6.10 Å². The number of aromatic nitrogens is 1. The first-order valence-corrected chi connectivity index (χ1v) is 3.87. The molecule has 1 atom stereocenters. The average molecular weight is 159 g/mol. The minimum atomic E-state index is -0.427. The fourth-order valence-corrected chi connectivity index (χ4v) is 0.969. The Bertz CT molecular complexity index is 174. The van der Waals surface area contributed by atoms with E-state index in [2.05, 4.69) is 4.98 Å². The van der Waals surface area contributed by atoms with Gasteiger partial charge in [0.1, 0.15) is 6.61 Å². The lowest BCUT2D eigenvalue weighted by Crippen LogP contribution is -2.12. The van der Waals surface area contributed by atoms with Gasteiger partial charge in [0.2, 0.25) is 0 Å². The number of ether oxygens (including phenoxy) is 1. The Labute approximate surface area is 63.3 Å². The predicted octanol–water partition coefficient (Wildman–Crippen LogP) is 0.903. The molecule has 1 aromatic rings. The van der Waals surface area contributed by atoms with Gasteiger partial charge in [-0.15, -0.1) is 0 Å². The number of hydrogen-bond donors (Lipinski definition) is 1. The van der Waals surface area contributed by atoms with Gasteiger partial charge in [-0.05, 0) is 6.92 Å². The van der Waals surface area contributed by atoms with Crippen LogP contribution in [-0.4, -0.2) is 22.8 Å². The van der Waals surface area contributed by atoms with Crippen LogP contribution in [0.15, 0.2) is 11.6 Å². The largest absolute Gasteiger partial charge is 0.467 e. The van der Waals surface area contributed by atoms with Gasteiger partial charge in [-0.3, -0.25) is 0 Å². The molecule has 0 aliphatic rings. The number of aliphatic hydroxyl groups excluding tert-OH is 1. The summed E-state index contributed by atoms with van der Waals surface area (Å²) in [6.07, 6.45) is 1.24. The molecule has 0 saturated carbocycles. The quantitative estimate of drug-likeness (QED) is 0.712. The zero-order valence-corrected chi connectivity index (χ0v) is 6.47. The molecular weight excluding hydrogens is 150 g/mol. The highest BCUT2D eigenvalue weighted by Gasteiger charge is 1.98. The van der Waals surface area contributed by atoms with Crippen LogP contribution in [0.5, 0.6) is 5.19 Å². The van der Waals surface area contributed by atoms with Crippen LogP contribution < -0.4 is 4.74 Å². The van der Waals surface area contributed by atoms with Crippen LogP contribution >= 0.6 is 11.3 Å². The zero-order valence-electron chi connectivity index (χ0n) is 5.65. The van der Waals surface area contributed by atoms with Crippen molar-refractivity contribution < 1.29 is 9.84 Å². The van der Waals surface area contributed by atoms with Crippen molar-refractivity contribution in [2.45, 2.75) is 13.0 Å². The molecular formula is C6H9NO2S. The summed E-state index contributed by atoms with van der Waals surface area (Å²) < 4.78 is 5.06. The molecule has 10 heavy (non-hydrogen) atoms. The molecule has 1 unspecified atom stereocenters. The maximum atomic E-state index is 8.80. The Morgan fingerprint density at radius 2 is 2.70 bits per heavy atom. The first-order valence-electron chi connectivity index (χ1n) is 2.99. The molecule has 0 amide bonds. The van der Waals surface area contributed by atoms with Crippen molar-refractivity contribution in [3.05, 3.63) is 11.6 Å². The number of nitrogens with zero attached hydrogens (tertiary/aromatic N) is 1. The van der Waals surface area contributed by atoms with Crippen molar-refractivity contribution in [2.24, 2.45) is 0 Å². The van der Waals surface area contributed by atoms with Crippen LogP contribution in [0.25, 0.3) is 0 Å². The van der Waals surface area contributed by atoms with E-state index in [-0.39, 0.29) is 0 Å². The lowest BCUT2D eigenvalue weighted by Gasteiger charge is -2.02. The predicted molar refractivity (Wildman–Crippen MR) is 39.3 cm³/mol. The summed E-state index contributed by atoms with van der Waals surface area (Å²) in [6, 6.07) is 0. The van der Waals surface area contributed by atoms with E-state index in [9.17, 15) is 0 Å². The van der Waals surface area contributed by atoms with Crippen LogP contribution in [0.3, 0.4) is 0 Å². The zero-order chi connectivity index (χ0) is 7.40. The third-order valence-corrected chi connectivity index (χ3v) is 1.54. The fraction of sp³-hybridized carbons (Fsp3) is 0.500. The molecule has 4 heteroatoms. The van der Waals surface area contributed by atoms with Crippen molar-refractivity contribution >= 4 is 11.3 Å². The summed E-state index contributed by atoms with van der Waals surface area (Å²) in [6.45, 7) is 1.99. The molecule has 0 aromatic carbocycles. The maximum absolute atomic E-state index is 8.80. The van der Waals surface area contributed by atoms with Crippen molar-refractivity contribution in [2.75, 3.05) is 6.61 Å². The summed E-state index contributed by atoms with van der Waals surface area (Å²) in [7, 11) is 0. The van der Waals surface area contributed by atoms with Gasteiger partial charge in [0.05, 0.1) is 6.10 Å². The Morgan fingerprint density at radius 1 is 1.90 bits per heavy atom. The van der Waals surface area contributed by atoms with Gasteiger partial charge >= 0.3 is 0 Å². The fourth-order valence-electron chi connectivity index (χ4n) is 0.474. The molecule has 0 aliphatic heterocycles. The summed E-state index contributed by atoms with van der Waals surface area (Å²) in [5.74, 6) is 0. The van der Waals surface area contributed by atoms with Crippen LogP contribution in [0.2, 0.25) is 0 Å². The first-order chi connectivity index (χ1) is 4.79. The molecule has 56 valence electrons. The second kappa shape index (κ2) is 3.53. The molecule has 0 bridgehead atoms. The topological polar surface area (TPSA) is 42.4 Å². The SMILES string of the molecule is CC(O)COc1nccs1. The van der Waals surface area contributed by atoms with Gasteiger partial charge in [-0.1, -0.05) is 11.3 Å². The van der Waals surface area contributed by atoms with Crippen molar-refractivity contribution in [1.29, 1.82) is 0 Å². The molecule has 3 nitrogen and oxygen atoms in total. The molecule has 1 N–H and O–H groups in total. The lowest BCUT2D eigenvalue weighted by molar-refractivity contribution is 0.122. The minimum Gasteiger partial charge on any atom is -0.467 e. The van der Waals surface area contributed by atoms with E-state index in [1.807, 2.05) is 5.38 Å². The monoisotopic (exact) mass is 159 g/mol. The minimum absolute atomic E-state index is 0.313. The Kier molecular flexibility index (Phi) is 2.65. The normalized spacial score (nSPS) is 13.0. The lowest BCUT2D eigenvalue weighted by atomic mass is 10.5. The average Bonchev–Trinajstić information content (AvgIpc) is 2.34. The van der Waals surface area contributed by atoms with Gasteiger partial charge in [-0.25, -0.2) is 4.98 Å². The van der Waals surface area contributed by atoms with Crippen molar-refractivity contribution in [3.8, 4) is 5.19 Å². The Hall–Kier alpha value is -0.610. The Balaban J connectivity index is 2.28. The molecule has 0 fully saturated rings. The third kappa shape index (κ3) is 2.33. The van der Waals surface area contributed by atoms with Gasteiger partial charge in [0.25, 0.3) is 5.19 Å². The van der Waals surface area contributed by atoms with E-state index in [0.717, 1.165) is 0 Å². The third-order valence-electron chi connectivity index (χ3n) is 0.858. The second-order valence-electron chi connectivity index (χ2n) is 1.96. The van der Waals surface area contributed by atoms with E-state index in [1.165, 1.54) is 11.3 Å². The summed E-state index contributed by atoms with van der Waals surface area (Å²) >= 11 is 1.42. The maximum Gasteiger partial charge on any atom is 0.273 e. The van der Waals surface area contributed by atoms with E-state index in [4.69, 9.17) is 9.84 Å². The van der Waals surface area contributed by atoms with Gasteiger partial charge in [-0.2, -0.15) is 0 Å². The highest BCUT2D eigenvalue weighted by molar-refractivity contribution is 7.11. The molecule has 1 aromatic heterocycles. The number of thiazole rings is 1.